The lowest BCUT2D eigenvalue weighted by molar-refractivity contribution is -0.118. The molecule has 5 nitrogen and oxygen atoms in total. The summed E-state index contributed by atoms with van der Waals surface area (Å²) in [5.41, 5.74) is 1.50. The van der Waals surface area contributed by atoms with Crippen LogP contribution in [0.25, 0.3) is 0 Å². The lowest BCUT2D eigenvalue weighted by Gasteiger charge is -2.38. The summed E-state index contributed by atoms with van der Waals surface area (Å²) >= 11 is 11.7. The fourth-order valence-electron chi connectivity index (χ4n) is 4.56. The van der Waals surface area contributed by atoms with Gasteiger partial charge in [-0.3, -0.25) is 18.7 Å². The van der Waals surface area contributed by atoms with E-state index in [-0.39, 0.29) is 16.8 Å². The fraction of sp³-hybridized carbons (Fsp3) is 0.435. The van der Waals surface area contributed by atoms with Crippen LogP contribution < -0.4 is 10.3 Å². The van der Waals surface area contributed by atoms with Gasteiger partial charge in [0.1, 0.15) is 5.76 Å². The molecule has 1 unspecified atom stereocenters. The van der Waals surface area contributed by atoms with E-state index in [0.29, 0.717) is 58.5 Å². The number of carbonyl (C=O) groups is 1. The third kappa shape index (κ3) is 3.26. The monoisotopic (exact) mass is 444 g/mol. The molecule has 0 spiro atoms. The molecule has 1 aliphatic heterocycles. The molecule has 0 saturated carbocycles. The Morgan fingerprint density at radius 1 is 1.10 bits per heavy atom. The number of benzene rings is 1. The SMILES string of the molecule is CCn1c2c(c(=O)n(CC)c1=S)C(c1ccc(Cl)cc1)C1=C(CC(C)(C)CC1=O)O2. The van der Waals surface area contributed by atoms with Crippen LogP contribution in [0.2, 0.25) is 5.02 Å². The molecule has 0 amide bonds. The van der Waals surface area contributed by atoms with Crippen molar-refractivity contribution >= 4 is 29.6 Å². The summed E-state index contributed by atoms with van der Waals surface area (Å²) in [5.74, 6) is 0.637. The summed E-state index contributed by atoms with van der Waals surface area (Å²) in [6.45, 7) is 9.00. The number of ketones is 1. The van der Waals surface area contributed by atoms with Gasteiger partial charge in [-0.2, -0.15) is 0 Å². The summed E-state index contributed by atoms with van der Waals surface area (Å²) in [4.78, 5) is 26.8. The fourth-order valence-corrected chi connectivity index (χ4v) is 5.11. The van der Waals surface area contributed by atoms with E-state index in [9.17, 15) is 9.59 Å². The van der Waals surface area contributed by atoms with Crippen molar-refractivity contribution in [2.45, 2.75) is 59.5 Å². The van der Waals surface area contributed by atoms with Crippen molar-refractivity contribution in [2.75, 3.05) is 0 Å². The topological polar surface area (TPSA) is 53.2 Å². The Hall–Kier alpha value is -2.18. The molecular formula is C23H25ClN2O3S. The maximum Gasteiger partial charge on any atom is 0.262 e. The molecule has 0 N–H and O–H groups in total. The van der Waals surface area contributed by atoms with Crippen molar-refractivity contribution in [3.05, 3.63) is 66.9 Å². The quantitative estimate of drug-likeness (QED) is 0.607. The number of allylic oxidation sites excluding steroid dienone is 2. The molecule has 158 valence electrons. The Labute approximate surface area is 185 Å². The van der Waals surface area contributed by atoms with E-state index in [0.717, 1.165) is 5.56 Å². The van der Waals surface area contributed by atoms with Crippen LogP contribution in [-0.2, 0) is 17.9 Å². The number of halogens is 1. The first kappa shape index (κ1) is 21.1. The summed E-state index contributed by atoms with van der Waals surface area (Å²) < 4.78 is 10.2. The van der Waals surface area contributed by atoms with E-state index in [1.807, 2.05) is 30.5 Å². The third-order valence-electron chi connectivity index (χ3n) is 5.92. The second-order valence-corrected chi connectivity index (χ2v) is 9.46. The van der Waals surface area contributed by atoms with Gasteiger partial charge in [0.05, 0.1) is 11.5 Å². The Morgan fingerprint density at radius 2 is 1.73 bits per heavy atom. The number of hydrogen-bond acceptors (Lipinski definition) is 4. The van der Waals surface area contributed by atoms with Crippen molar-refractivity contribution in [1.82, 2.24) is 9.13 Å². The van der Waals surface area contributed by atoms with Crippen LogP contribution in [0, 0.1) is 10.2 Å². The Kier molecular flexibility index (Phi) is 5.27. The number of hydrogen-bond donors (Lipinski definition) is 0. The van der Waals surface area contributed by atoms with Crippen molar-refractivity contribution in [1.29, 1.82) is 0 Å². The molecule has 1 atom stereocenters. The van der Waals surface area contributed by atoms with Crippen LogP contribution in [0.15, 0.2) is 40.4 Å². The van der Waals surface area contributed by atoms with E-state index < -0.39 is 5.92 Å². The van der Waals surface area contributed by atoms with Crippen LogP contribution >= 0.6 is 23.8 Å². The van der Waals surface area contributed by atoms with Gasteiger partial charge in [-0.1, -0.05) is 37.6 Å². The van der Waals surface area contributed by atoms with Crippen molar-refractivity contribution in [2.24, 2.45) is 5.41 Å². The highest BCUT2D eigenvalue weighted by atomic mass is 35.5. The van der Waals surface area contributed by atoms with Gasteiger partial charge in [0, 0.05) is 36.5 Å². The number of rotatable bonds is 3. The zero-order valence-electron chi connectivity index (χ0n) is 17.6. The second kappa shape index (κ2) is 7.50. The standard InChI is InChI=1S/C23H25ClN2O3S/c1-5-25-20(28)19-17(13-7-9-14(24)10-8-13)18-15(27)11-23(3,4)12-16(18)29-21(19)26(6-2)22(25)30/h7-10,17H,5-6,11-12H2,1-4H3. The highest BCUT2D eigenvalue weighted by Gasteiger charge is 2.44. The normalized spacial score (nSPS) is 19.9. The molecule has 30 heavy (non-hydrogen) atoms. The van der Waals surface area contributed by atoms with Gasteiger partial charge in [0.15, 0.2) is 10.6 Å². The number of Topliss-reactive ketones (excluding diaryl/α,β-unsaturated/α-hetero) is 1. The molecule has 1 aromatic carbocycles. The zero-order valence-corrected chi connectivity index (χ0v) is 19.2. The minimum absolute atomic E-state index is 0.0276. The molecule has 0 fully saturated rings. The Balaban J connectivity index is 2.09. The van der Waals surface area contributed by atoms with Crippen molar-refractivity contribution < 1.29 is 9.53 Å². The highest BCUT2D eigenvalue weighted by molar-refractivity contribution is 7.71. The van der Waals surface area contributed by atoms with Crippen LogP contribution in [0.5, 0.6) is 5.88 Å². The van der Waals surface area contributed by atoms with Crippen molar-refractivity contribution in [3.8, 4) is 5.88 Å². The predicted octanol–water partition coefficient (Wildman–Crippen LogP) is 5.24. The van der Waals surface area contributed by atoms with Gasteiger partial charge in [0.2, 0.25) is 5.88 Å². The molecule has 4 rings (SSSR count). The van der Waals surface area contributed by atoms with Crippen LogP contribution in [0.1, 0.15) is 57.6 Å². The molecule has 7 heteroatoms. The maximum absolute atomic E-state index is 13.5. The number of nitrogens with zero attached hydrogens (tertiary/aromatic N) is 2. The van der Waals surface area contributed by atoms with E-state index in [1.165, 1.54) is 0 Å². The van der Waals surface area contributed by atoms with E-state index >= 15 is 0 Å². The molecule has 0 bridgehead atoms. The summed E-state index contributed by atoms with van der Waals surface area (Å²) in [7, 11) is 0. The minimum atomic E-state index is -0.497. The molecule has 1 aliphatic carbocycles. The second-order valence-electron chi connectivity index (χ2n) is 8.66. The van der Waals surface area contributed by atoms with Gasteiger partial charge in [-0.15, -0.1) is 0 Å². The smallest absolute Gasteiger partial charge is 0.262 e. The number of ether oxygens (including phenoxy) is 1. The molecular weight excluding hydrogens is 420 g/mol. The van der Waals surface area contributed by atoms with Gasteiger partial charge < -0.3 is 4.74 Å². The summed E-state index contributed by atoms with van der Waals surface area (Å²) in [5, 5.41) is 0.604. The average Bonchev–Trinajstić information content (AvgIpc) is 2.67. The first-order valence-corrected chi connectivity index (χ1v) is 11.0. The van der Waals surface area contributed by atoms with E-state index in [4.69, 9.17) is 28.6 Å². The molecule has 1 aromatic heterocycles. The van der Waals surface area contributed by atoms with Gasteiger partial charge in [-0.25, -0.2) is 0 Å². The Bertz CT molecular complexity index is 1190. The van der Waals surface area contributed by atoms with Crippen molar-refractivity contribution in [3.63, 3.8) is 0 Å². The summed E-state index contributed by atoms with van der Waals surface area (Å²) in [6, 6.07) is 7.34. The maximum atomic E-state index is 13.5. The summed E-state index contributed by atoms with van der Waals surface area (Å²) in [6.07, 6.45) is 1.05. The van der Waals surface area contributed by atoms with Crippen LogP contribution in [0.4, 0.5) is 0 Å². The first-order valence-electron chi connectivity index (χ1n) is 10.3. The zero-order chi connectivity index (χ0) is 21.8. The van der Waals surface area contributed by atoms with Crippen LogP contribution in [-0.4, -0.2) is 14.9 Å². The van der Waals surface area contributed by atoms with E-state index in [2.05, 4.69) is 13.8 Å². The molecule has 2 heterocycles. The highest BCUT2D eigenvalue weighted by Crippen LogP contribution is 2.49. The molecule has 0 radical (unpaired) electrons. The largest absolute Gasteiger partial charge is 0.444 e. The number of fused-ring (bicyclic) bond motifs is 1. The average molecular weight is 445 g/mol. The molecule has 2 aliphatic rings. The molecule has 2 aromatic rings. The lowest BCUT2D eigenvalue weighted by atomic mass is 9.70. The first-order chi connectivity index (χ1) is 14.2. The van der Waals surface area contributed by atoms with E-state index in [1.54, 1.807) is 16.7 Å². The van der Waals surface area contributed by atoms with Gasteiger partial charge in [0.25, 0.3) is 5.56 Å². The minimum Gasteiger partial charge on any atom is -0.444 e. The van der Waals surface area contributed by atoms with Gasteiger partial charge in [-0.05, 0) is 49.2 Å². The van der Waals surface area contributed by atoms with Crippen LogP contribution in [0.3, 0.4) is 0 Å². The Morgan fingerprint density at radius 3 is 2.33 bits per heavy atom. The van der Waals surface area contributed by atoms with Gasteiger partial charge >= 0.3 is 0 Å². The third-order valence-corrected chi connectivity index (χ3v) is 6.62. The number of aromatic nitrogens is 2. The predicted molar refractivity (Wildman–Crippen MR) is 120 cm³/mol. The number of carbonyl (C=O) groups excluding carboxylic acids is 1. The molecule has 0 saturated heterocycles. The lowest BCUT2D eigenvalue weighted by Crippen LogP contribution is -2.39.